The Morgan fingerprint density at radius 2 is 1.88 bits per heavy atom. The Hall–Kier alpha value is -1.42. The van der Waals surface area contributed by atoms with Gasteiger partial charge >= 0.3 is 0 Å². The van der Waals surface area contributed by atoms with Crippen molar-refractivity contribution >= 4 is 10.0 Å². The fourth-order valence-corrected chi connectivity index (χ4v) is 1.76. The van der Waals surface area contributed by atoms with E-state index >= 15 is 0 Å². The number of nitrogens with zero attached hydrogens (tertiary/aromatic N) is 1. The van der Waals surface area contributed by atoms with Crippen LogP contribution in [0.3, 0.4) is 0 Å². The summed E-state index contributed by atoms with van der Waals surface area (Å²) in [6.45, 7) is 1.71. The topological polar surface area (TPSA) is 96.0 Å². The van der Waals surface area contributed by atoms with Gasteiger partial charge in [-0.3, -0.25) is 5.32 Å². The molecular weight excluding hydrogens is 226 g/mol. The van der Waals surface area contributed by atoms with Crippen molar-refractivity contribution in [2.24, 2.45) is 5.14 Å². The van der Waals surface area contributed by atoms with E-state index in [4.69, 9.17) is 10.4 Å². The maximum absolute atomic E-state index is 11.0. The van der Waals surface area contributed by atoms with Gasteiger partial charge in [0.1, 0.15) is 5.54 Å². The highest BCUT2D eigenvalue weighted by Crippen LogP contribution is 2.20. The van der Waals surface area contributed by atoms with E-state index in [1.165, 1.54) is 12.1 Å². The second-order valence-electron chi connectivity index (χ2n) is 3.56. The van der Waals surface area contributed by atoms with Crippen LogP contribution in [0.4, 0.5) is 0 Å². The Balaban J connectivity index is 3.20. The molecule has 0 saturated carbocycles. The van der Waals surface area contributed by atoms with Crippen LogP contribution in [0.25, 0.3) is 0 Å². The number of sulfonamides is 1. The smallest absolute Gasteiger partial charge is 0.238 e. The van der Waals surface area contributed by atoms with Gasteiger partial charge in [0.15, 0.2) is 0 Å². The zero-order valence-electron chi connectivity index (χ0n) is 9.06. The SMILES string of the molecule is CNC(C)(C#N)c1ccc(S(N)(=O)=O)cc1. The number of rotatable bonds is 3. The van der Waals surface area contributed by atoms with Gasteiger partial charge in [0.2, 0.25) is 10.0 Å². The van der Waals surface area contributed by atoms with Crippen LogP contribution in [0.15, 0.2) is 29.2 Å². The molecule has 0 fully saturated rings. The van der Waals surface area contributed by atoms with Crippen molar-refractivity contribution in [1.82, 2.24) is 5.32 Å². The van der Waals surface area contributed by atoms with Gasteiger partial charge in [0.05, 0.1) is 11.0 Å². The Labute approximate surface area is 94.9 Å². The summed E-state index contributed by atoms with van der Waals surface area (Å²) in [7, 11) is -2.02. The maximum atomic E-state index is 11.0. The summed E-state index contributed by atoms with van der Waals surface area (Å²) in [5.41, 5.74) is -0.151. The van der Waals surface area contributed by atoms with Gasteiger partial charge in [0, 0.05) is 0 Å². The third-order valence-electron chi connectivity index (χ3n) is 2.48. The van der Waals surface area contributed by atoms with E-state index in [0.29, 0.717) is 5.56 Å². The predicted octanol–water partition coefficient (Wildman–Crippen LogP) is 0.292. The quantitative estimate of drug-likeness (QED) is 0.792. The largest absolute Gasteiger partial charge is 0.299 e. The van der Waals surface area contributed by atoms with Gasteiger partial charge in [-0.1, -0.05) is 12.1 Å². The summed E-state index contributed by atoms with van der Waals surface area (Å²) >= 11 is 0. The van der Waals surface area contributed by atoms with Crippen LogP contribution >= 0.6 is 0 Å². The highest BCUT2D eigenvalue weighted by Gasteiger charge is 2.24. The molecule has 1 aromatic rings. The lowest BCUT2D eigenvalue weighted by Crippen LogP contribution is -2.35. The van der Waals surface area contributed by atoms with E-state index in [9.17, 15) is 8.42 Å². The van der Waals surface area contributed by atoms with Crippen LogP contribution < -0.4 is 10.5 Å². The third kappa shape index (κ3) is 2.39. The Morgan fingerprint density at radius 1 is 1.38 bits per heavy atom. The minimum atomic E-state index is -3.68. The van der Waals surface area contributed by atoms with Gasteiger partial charge in [-0.05, 0) is 31.7 Å². The lowest BCUT2D eigenvalue weighted by molar-refractivity contribution is 0.518. The molecular formula is C10H13N3O2S. The molecule has 3 N–H and O–H groups in total. The Kier molecular flexibility index (Phi) is 3.33. The van der Waals surface area contributed by atoms with Crippen molar-refractivity contribution < 1.29 is 8.42 Å². The van der Waals surface area contributed by atoms with Crippen LogP contribution in [-0.4, -0.2) is 15.5 Å². The van der Waals surface area contributed by atoms with E-state index in [-0.39, 0.29) is 4.90 Å². The number of hydrogen-bond donors (Lipinski definition) is 2. The number of benzene rings is 1. The monoisotopic (exact) mass is 239 g/mol. The molecule has 0 saturated heterocycles. The molecule has 0 aliphatic carbocycles. The fourth-order valence-electron chi connectivity index (χ4n) is 1.24. The molecule has 0 spiro atoms. The molecule has 0 aliphatic heterocycles. The van der Waals surface area contributed by atoms with Gasteiger partial charge in [-0.2, -0.15) is 5.26 Å². The first-order valence-corrected chi connectivity index (χ1v) is 6.11. The fraction of sp³-hybridized carbons (Fsp3) is 0.300. The molecule has 86 valence electrons. The average molecular weight is 239 g/mol. The predicted molar refractivity (Wildman–Crippen MR) is 59.8 cm³/mol. The second kappa shape index (κ2) is 4.22. The van der Waals surface area contributed by atoms with Crippen molar-refractivity contribution in [3.05, 3.63) is 29.8 Å². The summed E-state index contributed by atoms with van der Waals surface area (Å²) in [4.78, 5) is 0.0349. The van der Waals surface area contributed by atoms with E-state index < -0.39 is 15.6 Å². The molecule has 0 radical (unpaired) electrons. The summed E-state index contributed by atoms with van der Waals surface area (Å²) in [5, 5.41) is 16.8. The molecule has 0 heterocycles. The van der Waals surface area contributed by atoms with Crippen LogP contribution in [0.5, 0.6) is 0 Å². The van der Waals surface area contributed by atoms with Crippen molar-refractivity contribution in [1.29, 1.82) is 5.26 Å². The van der Waals surface area contributed by atoms with Gasteiger partial charge in [0.25, 0.3) is 0 Å². The highest BCUT2D eigenvalue weighted by molar-refractivity contribution is 7.89. The van der Waals surface area contributed by atoms with Crippen LogP contribution in [0, 0.1) is 11.3 Å². The van der Waals surface area contributed by atoms with Crippen LogP contribution in [0.1, 0.15) is 12.5 Å². The number of nitrogens with one attached hydrogen (secondary N) is 1. The van der Waals surface area contributed by atoms with Crippen LogP contribution in [0.2, 0.25) is 0 Å². The molecule has 5 nitrogen and oxygen atoms in total. The van der Waals surface area contributed by atoms with E-state index in [0.717, 1.165) is 0 Å². The average Bonchev–Trinajstić information content (AvgIpc) is 2.27. The molecule has 0 aromatic heterocycles. The summed E-state index contributed by atoms with van der Waals surface area (Å²) in [6, 6.07) is 8.02. The van der Waals surface area contributed by atoms with E-state index in [1.807, 2.05) is 0 Å². The van der Waals surface area contributed by atoms with Crippen molar-refractivity contribution in [3.8, 4) is 6.07 Å². The van der Waals surface area contributed by atoms with E-state index in [1.54, 1.807) is 26.1 Å². The lowest BCUT2D eigenvalue weighted by atomic mass is 9.94. The molecule has 1 atom stereocenters. The number of nitriles is 1. The number of primary sulfonamides is 1. The normalized spacial score (nSPS) is 15.1. The summed E-state index contributed by atoms with van der Waals surface area (Å²) in [5.74, 6) is 0. The molecule has 0 amide bonds. The summed E-state index contributed by atoms with van der Waals surface area (Å²) < 4.78 is 22.1. The maximum Gasteiger partial charge on any atom is 0.238 e. The standard InChI is InChI=1S/C10H13N3O2S/c1-10(7-11,13-2)8-3-5-9(6-4-8)16(12,14)15/h3-6,13H,1-2H3,(H2,12,14,15). The first-order valence-electron chi connectivity index (χ1n) is 4.57. The van der Waals surface area contributed by atoms with Crippen molar-refractivity contribution in [2.75, 3.05) is 7.05 Å². The zero-order valence-corrected chi connectivity index (χ0v) is 9.88. The lowest BCUT2D eigenvalue weighted by Gasteiger charge is -2.21. The van der Waals surface area contributed by atoms with Crippen LogP contribution in [-0.2, 0) is 15.6 Å². The highest BCUT2D eigenvalue weighted by atomic mass is 32.2. The molecule has 0 aliphatic rings. The van der Waals surface area contributed by atoms with E-state index in [2.05, 4.69) is 11.4 Å². The second-order valence-corrected chi connectivity index (χ2v) is 5.12. The van der Waals surface area contributed by atoms with Gasteiger partial charge < -0.3 is 0 Å². The summed E-state index contributed by atoms with van der Waals surface area (Å²) in [6.07, 6.45) is 0. The Morgan fingerprint density at radius 3 is 2.19 bits per heavy atom. The van der Waals surface area contributed by atoms with Gasteiger partial charge in [-0.25, -0.2) is 13.6 Å². The molecule has 16 heavy (non-hydrogen) atoms. The van der Waals surface area contributed by atoms with Gasteiger partial charge in [-0.15, -0.1) is 0 Å². The Bertz CT molecular complexity index is 516. The minimum absolute atomic E-state index is 0.0349. The van der Waals surface area contributed by atoms with Crippen molar-refractivity contribution in [2.45, 2.75) is 17.4 Å². The number of nitrogens with two attached hydrogens (primary N) is 1. The molecule has 1 unspecified atom stereocenters. The number of hydrogen-bond acceptors (Lipinski definition) is 4. The van der Waals surface area contributed by atoms with Crippen molar-refractivity contribution in [3.63, 3.8) is 0 Å². The molecule has 1 aromatic carbocycles. The first-order chi connectivity index (χ1) is 7.33. The zero-order chi connectivity index (χ0) is 12.4. The minimum Gasteiger partial charge on any atom is -0.299 e. The molecule has 0 bridgehead atoms. The third-order valence-corrected chi connectivity index (χ3v) is 3.41. The first kappa shape index (κ1) is 12.6. The molecule has 6 heteroatoms. The molecule has 1 rings (SSSR count).